The minimum absolute atomic E-state index is 0.0510. The molecular formula is C19H18ClF3N4O2. The van der Waals surface area contributed by atoms with Gasteiger partial charge in [0, 0.05) is 19.6 Å². The smallest absolute Gasteiger partial charge is 0.358 e. The molecule has 1 amide bonds. The second kappa shape index (κ2) is 7.37. The van der Waals surface area contributed by atoms with E-state index in [2.05, 4.69) is 10.2 Å². The van der Waals surface area contributed by atoms with Crippen LogP contribution in [-0.2, 0) is 17.5 Å². The van der Waals surface area contributed by atoms with Gasteiger partial charge in [-0.25, -0.2) is 5.10 Å². The van der Waals surface area contributed by atoms with Crippen molar-refractivity contribution in [3.05, 3.63) is 56.5 Å². The number of alkyl halides is 3. The standard InChI is InChI=1S/C19H18ClF3N4O2/c20-17-14(8-24-25-18(17)29)26-6-7-27(15(28)10-26)9-12-2-1-3-13(11-4-5-11)16(12)19(21,22)23/h1-3,8,11H,4-7,9-10H2,(H,25,29). The van der Waals surface area contributed by atoms with Crippen LogP contribution >= 0.6 is 11.6 Å². The summed E-state index contributed by atoms with van der Waals surface area (Å²) in [4.78, 5) is 27.3. The molecule has 1 aliphatic carbocycles. The Morgan fingerprint density at radius 3 is 2.62 bits per heavy atom. The third-order valence-corrected chi connectivity index (χ3v) is 5.65. The summed E-state index contributed by atoms with van der Waals surface area (Å²) in [6, 6.07) is 4.60. The molecule has 1 N–H and O–H groups in total. The van der Waals surface area contributed by atoms with Gasteiger partial charge in [-0.2, -0.15) is 18.3 Å². The van der Waals surface area contributed by atoms with Crippen LogP contribution in [0, 0.1) is 0 Å². The first-order chi connectivity index (χ1) is 13.8. The van der Waals surface area contributed by atoms with Crippen molar-refractivity contribution in [2.45, 2.75) is 31.5 Å². The van der Waals surface area contributed by atoms with E-state index in [0.717, 1.165) is 12.8 Å². The number of aromatic nitrogens is 2. The molecule has 2 fully saturated rings. The van der Waals surface area contributed by atoms with Crippen molar-refractivity contribution in [2.24, 2.45) is 0 Å². The van der Waals surface area contributed by atoms with Crippen molar-refractivity contribution in [1.29, 1.82) is 0 Å². The average molecular weight is 427 g/mol. The van der Waals surface area contributed by atoms with Crippen LogP contribution in [0.25, 0.3) is 0 Å². The van der Waals surface area contributed by atoms with E-state index >= 15 is 0 Å². The van der Waals surface area contributed by atoms with Gasteiger partial charge in [0.15, 0.2) is 0 Å². The van der Waals surface area contributed by atoms with Gasteiger partial charge in [0.25, 0.3) is 5.56 Å². The maximum atomic E-state index is 13.7. The molecule has 0 unspecified atom stereocenters. The van der Waals surface area contributed by atoms with Gasteiger partial charge in [-0.05, 0) is 29.9 Å². The third kappa shape index (κ3) is 3.96. The summed E-state index contributed by atoms with van der Waals surface area (Å²) < 4.78 is 41.2. The van der Waals surface area contributed by atoms with Crippen LogP contribution in [0.5, 0.6) is 0 Å². The number of amides is 1. The molecular weight excluding hydrogens is 409 g/mol. The summed E-state index contributed by atoms with van der Waals surface area (Å²) in [5.74, 6) is -0.387. The van der Waals surface area contributed by atoms with E-state index in [9.17, 15) is 22.8 Å². The molecule has 154 valence electrons. The molecule has 6 nitrogen and oxygen atoms in total. The van der Waals surface area contributed by atoms with Crippen LogP contribution in [0.15, 0.2) is 29.2 Å². The number of carbonyl (C=O) groups excluding carboxylic acids is 1. The zero-order chi connectivity index (χ0) is 20.8. The van der Waals surface area contributed by atoms with Crippen molar-refractivity contribution < 1.29 is 18.0 Å². The van der Waals surface area contributed by atoms with Gasteiger partial charge < -0.3 is 9.80 Å². The summed E-state index contributed by atoms with van der Waals surface area (Å²) in [5, 5.41) is 5.82. The van der Waals surface area contributed by atoms with Gasteiger partial charge in [0.2, 0.25) is 5.91 Å². The van der Waals surface area contributed by atoms with E-state index in [1.54, 1.807) is 11.0 Å². The van der Waals surface area contributed by atoms with E-state index in [1.165, 1.54) is 23.2 Å². The highest BCUT2D eigenvalue weighted by molar-refractivity contribution is 6.33. The molecule has 2 heterocycles. The Morgan fingerprint density at radius 2 is 1.97 bits per heavy atom. The predicted molar refractivity (Wildman–Crippen MR) is 101 cm³/mol. The molecule has 0 spiro atoms. The molecule has 1 saturated heterocycles. The minimum Gasteiger partial charge on any atom is -0.358 e. The van der Waals surface area contributed by atoms with E-state index < -0.39 is 17.3 Å². The highest BCUT2D eigenvalue weighted by Gasteiger charge is 2.40. The Bertz CT molecular complexity index is 1000. The SMILES string of the molecule is O=C1CN(c2cn[nH]c(=O)c2Cl)CCN1Cc1cccc(C2CC2)c1C(F)(F)F. The fourth-order valence-electron chi connectivity index (χ4n) is 3.71. The summed E-state index contributed by atoms with van der Waals surface area (Å²) in [6.45, 7) is 0.352. The summed E-state index contributed by atoms with van der Waals surface area (Å²) >= 11 is 5.99. The van der Waals surface area contributed by atoms with E-state index in [-0.39, 0.29) is 42.0 Å². The van der Waals surface area contributed by atoms with Crippen molar-refractivity contribution >= 4 is 23.2 Å². The normalized spacial score (nSPS) is 17.7. The number of H-pyrrole nitrogens is 1. The highest BCUT2D eigenvalue weighted by Crippen LogP contribution is 2.47. The number of anilines is 1. The number of aromatic amines is 1. The molecule has 29 heavy (non-hydrogen) atoms. The number of rotatable bonds is 4. The first-order valence-corrected chi connectivity index (χ1v) is 9.58. The zero-order valence-corrected chi connectivity index (χ0v) is 16.1. The average Bonchev–Trinajstić information content (AvgIpc) is 3.50. The van der Waals surface area contributed by atoms with Crippen molar-refractivity contribution in [1.82, 2.24) is 15.1 Å². The molecule has 1 aromatic heterocycles. The number of carbonyl (C=O) groups is 1. The fraction of sp³-hybridized carbons (Fsp3) is 0.421. The summed E-state index contributed by atoms with van der Waals surface area (Å²) in [5.41, 5.74) is -0.414. The van der Waals surface area contributed by atoms with E-state index in [4.69, 9.17) is 11.6 Å². The number of hydrogen-bond acceptors (Lipinski definition) is 4. The van der Waals surface area contributed by atoms with Crippen LogP contribution in [0.1, 0.15) is 35.4 Å². The molecule has 10 heteroatoms. The number of benzene rings is 1. The van der Waals surface area contributed by atoms with Crippen molar-refractivity contribution in [3.63, 3.8) is 0 Å². The Balaban J connectivity index is 1.55. The van der Waals surface area contributed by atoms with E-state index in [1.807, 2.05) is 0 Å². The largest absolute Gasteiger partial charge is 0.417 e. The van der Waals surface area contributed by atoms with Gasteiger partial charge in [0.05, 0.1) is 24.0 Å². The van der Waals surface area contributed by atoms with Crippen LogP contribution in [0.3, 0.4) is 0 Å². The lowest BCUT2D eigenvalue weighted by Crippen LogP contribution is -2.50. The number of hydrogen-bond donors (Lipinski definition) is 1. The molecule has 1 aliphatic heterocycles. The number of piperazine rings is 1. The molecule has 0 atom stereocenters. The first-order valence-electron chi connectivity index (χ1n) is 9.20. The first kappa shape index (κ1) is 19.8. The second-order valence-corrected chi connectivity index (χ2v) is 7.67. The monoisotopic (exact) mass is 426 g/mol. The quantitative estimate of drug-likeness (QED) is 0.815. The maximum Gasteiger partial charge on any atom is 0.417 e. The van der Waals surface area contributed by atoms with Gasteiger partial charge >= 0.3 is 6.18 Å². The molecule has 1 aromatic carbocycles. The van der Waals surface area contributed by atoms with Crippen LogP contribution in [0.2, 0.25) is 5.02 Å². The fourth-order valence-corrected chi connectivity index (χ4v) is 3.92. The maximum absolute atomic E-state index is 13.7. The minimum atomic E-state index is -4.47. The van der Waals surface area contributed by atoms with Gasteiger partial charge in [-0.3, -0.25) is 9.59 Å². The molecule has 4 rings (SSSR count). The van der Waals surface area contributed by atoms with Crippen LogP contribution in [-0.4, -0.2) is 40.6 Å². The van der Waals surface area contributed by atoms with Crippen LogP contribution < -0.4 is 10.5 Å². The lowest BCUT2D eigenvalue weighted by molar-refractivity contribution is -0.140. The topological polar surface area (TPSA) is 69.3 Å². The molecule has 2 aromatic rings. The van der Waals surface area contributed by atoms with Gasteiger partial charge in [-0.1, -0.05) is 29.8 Å². The molecule has 2 aliphatic rings. The second-order valence-electron chi connectivity index (χ2n) is 7.29. The number of nitrogens with zero attached hydrogens (tertiary/aromatic N) is 3. The van der Waals surface area contributed by atoms with Crippen LogP contribution in [0.4, 0.5) is 18.9 Å². The highest BCUT2D eigenvalue weighted by atomic mass is 35.5. The van der Waals surface area contributed by atoms with Gasteiger partial charge in [-0.15, -0.1) is 0 Å². The Hall–Kier alpha value is -2.55. The predicted octanol–water partition coefficient (Wildman–Crippen LogP) is 3.17. The third-order valence-electron chi connectivity index (χ3n) is 5.28. The molecule has 1 saturated carbocycles. The Labute approximate surface area is 169 Å². The lowest BCUT2D eigenvalue weighted by Gasteiger charge is -2.36. The van der Waals surface area contributed by atoms with Crippen molar-refractivity contribution in [2.75, 3.05) is 24.5 Å². The lowest BCUT2D eigenvalue weighted by atomic mass is 9.96. The van der Waals surface area contributed by atoms with Gasteiger partial charge in [0.1, 0.15) is 5.02 Å². The van der Waals surface area contributed by atoms with Crippen molar-refractivity contribution in [3.8, 4) is 0 Å². The Kier molecular flexibility index (Phi) is 5.02. The molecule has 0 radical (unpaired) electrons. The zero-order valence-electron chi connectivity index (χ0n) is 15.3. The van der Waals surface area contributed by atoms with E-state index in [0.29, 0.717) is 17.8 Å². The number of halogens is 4. The summed E-state index contributed by atoms with van der Waals surface area (Å²) in [7, 11) is 0. The summed E-state index contributed by atoms with van der Waals surface area (Å²) in [6.07, 6.45) is -1.60. The molecule has 0 bridgehead atoms. The number of nitrogens with one attached hydrogen (secondary N) is 1. The Morgan fingerprint density at radius 1 is 1.21 bits per heavy atom.